The van der Waals surface area contributed by atoms with Crippen LogP contribution in [0, 0.1) is 13.8 Å². The molecule has 23 heavy (non-hydrogen) atoms. The molecular formula is C19H22BrNO2. The third-order valence-corrected chi connectivity index (χ3v) is 4.37. The van der Waals surface area contributed by atoms with Gasteiger partial charge in [-0.2, -0.15) is 0 Å². The largest absolute Gasteiger partial charge is 0.480 e. The molecule has 1 unspecified atom stereocenters. The SMILES string of the molecule is CCc1cccc(C)c1NC(=O)C(C)Oc1ccc(C)cc1Br. The number of amides is 1. The lowest BCUT2D eigenvalue weighted by Gasteiger charge is -2.18. The number of rotatable bonds is 5. The van der Waals surface area contributed by atoms with Crippen molar-refractivity contribution < 1.29 is 9.53 Å². The van der Waals surface area contributed by atoms with Gasteiger partial charge in [0.2, 0.25) is 0 Å². The maximum atomic E-state index is 12.5. The molecule has 122 valence electrons. The van der Waals surface area contributed by atoms with Gasteiger partial charge in [0, 0.05) is 5.69 Å². The lowest BCUT2D eigenvalue weighted by molar-refractivity contribution is -0.122. The average molecular weight is 376 g/mol. The van der Waals surface area contributed by atoms with Crippen LogP contribution in [0.5, 0.6) is 5.75 Å². The van der Waals surface area contributed by atoms with Crippen LogP contribution in [0.25, 0.3) is 0 Å². The smallest absolute Gasteiger partial charge is 0.265 e. The number of carbonyl (C=O) groups excluding carboxylic acids is 1. The van der Waals surface area contributed by atoms with Gasteiger partial charge in [-0.05, 0) is 71.9 Å². The summed E-state index contributed by atoms with van der Waals surface area (Å²) in [5.74, 6) is 0.514. The minimum Gasteiger partial charge on any atom is -0.480 e. The van der Waals surface area contributed by atoms with Crippen LogP contribution in [0.15, 0.2) is 40.9 Å². The fourth-order valence-electron chi connectivity index (χ4n) is 2.37. The van der Waals surface area contributed by atoms with E-state index in [4.69, 9.17) is 4.74 Å². The second-order valence-electron chi connectivity index (χ2n) is 5.65. The van der Waals surface area contributed by atoms with Crippen molar-refractivity contribution in [3.63, 3.8) is 0 Å². The molecule has 0 aliphatic heterocycles. The molecule has 0 spiro atoms. The van der Waals surface area contributed by atoms with Crippen LogP contribution in [0.4, 0.5) is 5.69 Å². The van der Waals surface area contributed by atoms with E-state index in [-0.39, 0.29) is 5.91 Å². The van der Waals surface area contributed by atoms with E-state index < -0.39 is 6.10 Å². The Balaban J connectivity index is 2.12. The standard InChI is InChI=1S/C19H22BrNO2/c1-5-15-8-6-7-13(3)18(15)21-19(22)14(4)23-17-10-9-12(2)11-16(17)20/h6-11,14H,5H2,1-4H3,(H,21,22). The molecule has 1 amide bonds. The summed E-state index contributed by atoms with van der Waals surface area (Å²) in [5.41, 5.74) is 4.20. The normalized spacial score (nSPS) is 11.9. The van der Waals surface area contributed by atoms with Crippen molar-refractivity contribution in [2.24, 2.45) is 0 Å². The Morgan fingerprint density at radius 2 is 2.00 bits per heavy atom. The van der Waals surface area contributed by atoms with Gasteiger partial charge in [-0.1, -0.05) is 31.2 Å². The van der Waals surface area contributed by atoms with Crippen molar-refractivity contribution in [3.05, 3.63) is 57.6 Å². The van der Waals surface area contributed by atoms with Crippen LogP contribution in [0.3, 0.4) is 0 Å². The first-order valence-electron chi connectivity index (χ1n) is 7.74. The molecule has 0 aromatic heterocycles. The van der Waals surface area contributed by atoms with Gasteiger partial charge in [0.15, 0.2) is 6.10 Å². The second-order valence-corrected chi connectivity index (χ2v) is 6.50. The Morgan fingerprint density at radius 1 is 1.26 bits per heavy atom. The first-order valence-corrected chi connectivity index (χ1v) is 8.53. The predicted octanol–water partition coefficient (Wildman–Crippen LogP) is 5.03. The first kappa shape index (κ1) is 17.5. The molecule has 3 nitrogen and oxygen atoms in total. The number of aryl methyl sites for hydroxylation is 3. The highest BCUT2D eigenvalue weighted by atomic mass is 79.9. The third-order valence-electron chi connectivity index (χ3n) is 3.75. The highest BCUT2D eigenvalue weighted by molar-refractivity contribution is 9.10. The van der Waals surface area contributed by atoms with Crippen LogP contribution in [0.2, 0.25) is 0 Å². The predicted molar refractivity (Wildman–Crippen MR) is 98.2 cm³/mol. The Labute approximate surface area is 146 Å². The molecule has 0 aliphatic rings. The lowest BCUT2D eigenvalue weighted by Crippen LogP contribution is -2.30. The Kier molecular flexibility index (Phi) is 5.83. The van der Waals surface area contributed by atoms with Gasteiger partial charge in [0.1, 0.15) is 5.75 Å². The summed E-state index contributed by atoms with van der Waals surface area (Å²) in [6.07, 6.45) is 0.286. The minimum atomic E-state index is -0.585. The summed E-state index contributed by atoms with van der Waals surface area (Å²) >= 11 is 3.47. The van der Waals surface area contributed by atoms with E-state index in [1.54, 1.807) is 6.92 Å². The number of hydrogen-bond donors (Lipinski definition) is 1. The summed E-state index contributed by atoms with van der Waals surface area (Å²) in [6, 6.07) is 11.8. The van der Waals surface area contributed by atoms with Gasteiger partial charge in [-0.25, -0.2) is 0 Å². The Bertz CT molecular complexity index is 713. The molecule has 0 heterocycles. The van der Waals surface area contributed by atoms with Crippen molar-refractivity contribution in [1.82, 2.24) is 0 Å². The molecule has 1 atom stereocenters. The minimum absolute atomic E-state index is 0.151. The van der Waals surface area contributed by atoms with E-state index in [1.165, 1.54) is 0 Å². The zero-order valence-electron chi connectivity index (χ0n) is 13.9. The monoisotopic (exact) mass is 375 g/mol. The average Bonchev–Trinajstić information content (AvgIpc) is 2.51. The molecule has 2 aromatic rings. The summed E-state index contributed by atoms with van der Waals surface area (Å²) in [7, 11) is 0. The highest BCUT2D eigenvalue weighted by Crippen LogP contribution is 2.27. The quantitative estimate of drug-likeness (QED) is 0.795. The van der Waals surface area contributed by atoms with Crippen molar-refractivity contribution in [2.75, 3.05) is 5.32 Å². The maximum Gasteiger partial charge on any atom is 0.265 e. The number of nitrogens with one attached hydrogen (secondary N) is 1. The number of anilines is 1. The summed E-state index contributed by atoms with van der Waals surface area (Å²) in [6.45, 7) is 7.84. The molecule has 1 N–H and O–H groups in total. The Morgan fingerprint density at radius 3 is 2.65 bits per heavy atom. The van der Waals surface area contributed by atoms with Gasteiger partial charge >= 0.3 is 0 Å². The van der Waals surface area contributed by atoms with E-state index in [9.17, 15) is 4.79 Å². The topological polar surface area (TPSA) is 38.3 Å². The van der Waals surface area contributed by atoms with E-state index in [2.05, 4.69) is 28.2 Å². The fourth-order valence-corrected chi connectivity index (χ4v) is 2.96. The molecule has 2 aromatic carbocycles. The summed E-state index contributed by atoms with van der Waals surface area (Å²) in [5, 5.41) is 3.00. The van der Waals surface area contributed by atoms with Gasteiger partial charge < -0.3 is 10.1 Å². The summed E-state index contributed by atoms with van der Waals surface area (Å²) < 4.78 is 6.64. The van der Waals surface area contributed by atoms with Crippen LogP contribution in [-0.2, 0) is 11.2 Å². The fraction of sp³-hybridized carbons (Fsp3) is 0.316. The zero-order chi connectivity index (χ0) is 17.0. The number of hydrogen-bond acceptors (Lipinski definition) is 2. The van der Waals surface area contributed by atoms with E-state index in [0.717, 1.165) is 33.3 Å². The van der Waals surface area contributed by atoms with Crippen LogP contribution in [-0.4, -0.2) is 12.0 Å². The lowest BCUT2D eigenvalue weighted by atomic mass is 10.1. The van der Waals surface area contributed by atoms with E-state index in [1.807, 2.05) is 50.2 Å². The van der Waals surface area contributed by atoms with Crippen molar-refractivity contribution in [1.29, 1.82) is 0 Å². The molecule has 0 saturated carbocycles. The molecule has 4 heteroatoms. The number of carbonyl (C=O) groups is 1. The van der Waals surface area contributed by atoms with Gasteiger partial charge in [-0.3, -0.25) is 4.79 Å². The van der Waals surface area contributed by atoms with Crippen molar-refractivity contribution in [3.8, 4) is 5.75 Å². The zero-order valence-corrected chi connectivity index (χ0v) is 15.5. The van der Waals surface area contributed by atoms with Crippen molar-refractivity contribution >= 4 is 27.5 Å². The van der Waals surface area contributed by atoms with E-state index >= 15 is 0 Å². The molecule has 0 fully saturated rings. The van der Waals surface area contributed by atoms with Gasteiger partial charge in [-0.15, -0.1) is 0 Å². The van der Waals surface area contributed by atoms with E-state index in [0.29, 0.717) is 5.75 Å². The van der Waals surface area contributed by atoms with Crippen LogP contribution < -0.4 is 10.1 Å². The Hall–Kier alpha value is -1.81. The molecule has 0 bridgehead atoms. The van der Waals surface area contributed by atoms with Crippen LogP contribution in [0.1, 0.15) is 30.5 Å². The maximum absolute atomic E-state index is 12.5. The number of ether oxygens (including phenoxy) is 1. The highest BCUT2D eigenvalue weighted by Gasteiger charge is 2.18. The molecule has 0 aliphatic carbocycles. The second kappa shape index (κ2) is 7.64. The van der Waals surface area contributed by atoms with Gasteiger partial charge in [0.05, 0.1) is 4.47 Å². The first-order chi connectivity index (χ1) is 10.9. The molecular weight excluding hydrogens is 354 g/mol. The number of para-hydroxylation sites is 1. The summed E-state index contributed by atoms with van der Waals surface area (Å²) in [4.78, 5) is 12.5. The number of halogens is 1. The van der Waals surface area contributed by atoms with Gasteiger partial charge in [0.25, 0.3) is 5.91 Å². The third kappa shape index (κ3) is 4.35. The molecule has 0 saturated heterocycles. The molecule has 2 rings (SSSR count). The van der Waals surface area contributed by atoms with Crippen molar-refractivity contribution in [2.45, 2.75) is 40.2 Å². The number of benzene rings is 2. The van der Waals surface area contributed by atoms with Crippen LogP contribution >= 0.6 is 15.9 Å². The molecule has 0 radical (unpaired) electrons.